The number of nitrogens with zero attached hydrogens (tertiary/aromatic N) is 1. The minimum Gasteiger partial charge on any atom is -0.493 e. The molecule has 166 valence electrons. The van der Waals surface area contributed by atoms with Gasteiger partial charge in [-0.1, -0.05) is 24.3 Å². The fourth-order valence-electron chi connectivity index (χ4n) is 2.88. The Labute approximate surface area is 188 Å². The predicted molar refractivity (Wildman–Crippen MR) is 120 cm³/mol. The molecule has 1 aliphatic rings. The van der Waals surface area contributed by atoms with Crippen LogP contribution in [0.5, 0.6) is 11.5 Å². The van der Waals surface area contributed by atoms with E-state index >= 15 is 0 Å². The molecule has 1 saturated heterocycles. The lowest BCUT2D eigenvalue weighted by atomic mass is 10.2. The van der Waals surface area contributed by atoms with Gasteiger partial charge in [-0.2, -0.15) is 0 Å². The van der Waals surface area contributed by atoms with Crippen molar-refractivity contribution >= 4 is 46.5 Å². The second-order valence-corrected chi connectivity index (χ2v) is 7.79. The molecular formula is C22H21N3O6S. The van der Waals surface area contributed by atoms with E-state index in [9.17, 15) is 19.2 Å². The minimum atomic E-state index is -0.775. The Morgan fingerprint density at radius 2 is 1.91 bits per heavy atom. The Morgan fingerprint density at radius 3 is 2.59 bits per heavy atom. The molecule has 0 spiro atoms. The van der Waals surface area contributed by atoms with Crippen LogP contribution in [0.25, 0.3) is 6.08 Å². The Morgan fingerprint density at radius 1 is 1.16 bits per heavy atom. The Bertz CT molecular complexity index is 1110. The summed E-state index contributed by atoms with van der Waals surface area (Å²) in [5, 5.41) is 2.22. The summed E-state index contributed by atoms with van der Waals surface area (Å²) >= 11 is 0.718. The quantitative estimate of drug-likeness (QED) is 0.586. The van der Waals surface area contributed by atoms with Crippen molar-refractivity contribution in [1.82, 2.24) is 4.90 Å². The van der Waals surface area contributed by atoms with E-state index in [1.807, 2.05) is 25.1 Å². The summed E-state index contributed by atoms with van der Waals surface area (Å²) in [7, 11) is 1.44. The van der Waals surface area contributed by atoms with E-state index in [4.69, 9.17) is 15.2 Å². The third-order valence-electron chi connectivity index (χ3n) is 4.45. The third kappa shape index (κ3) is 5.46. The van der Waals surface area contributed by atoms with E-state index in [1.54, 1.807) is 24.3 Å². The second-order valence-electron chi connectivity index (χ2n) is 6.80. The summed E-state index contributed by atoms with van der Waals surface area (Å²) in [6.07, 6.45) is 1.50. The SMILES string of the molecule is COc1cc(/C=C2\SC(=O)N(CC(N)=O)C2=O)ccc1OCC(=O)Nc1ccccc1C. The molecule has 2 aromatic carbocycles. The number of primary amides is 1. The monoisotopic (exact) mass is 455 g/mol. The predicted octanol–water partition coefficient (Wildman–Crippen LogP) is 2.54. The van der Waals surface area contributed by atoms with Crippen molar-refractivity contribution in [2.75, 3.05) is 25.6 Å². The van der Waals surface area contributed by atoms with Gasteiger partial charge in [0.05, 0.1) is 12.0 Å². The number of aryl methyl sites for hydroxylation is 1. The first-order valence-corrected chi connectivity index (χ1v) is 10.3. The first-order valence-electron chi connectivity index (χ1n) is 9.48. The summed E-state index contributed by atoms with van der Waals surface area (Å²) in [6, 6.07) is 12.3. The van der Waals surface area contributed by atoms with Crippen molar-refractivity contribution in [1.29, 1.82) is 0 Å². The summed E-state index contributed by atoms with van der Waals surface area (Å²) in [4.78, 5) is 48.5. The number of para-hydroxylation sites is 1. The summed E-state index contributed by atoms with van der Waals surface area (Å²) in [6.45, 7) is 1.19. The Kier molecular flexibility index (Phi) is 7.16. The van der Waals surface area contributed by atoms with Gasteiger partial charge >= 0.3 is 0 Å². The number of benzene rings is 2. The molecule has 0 unspecified atom stereocenters. The lowest BCUT2D eigenvalue weighted by molar-refractivity contribution is -0.127. The lowest BCUT2D eigenvalue weighted by Crippen LogP contribution is -2.36. The molecule has 32 heavy (non-hydrogen) atoms. The second kappa shape index (κ2) is 10.0. The van der Waals surface area contributed by atoms with Crippen molar-refractivity contribution in [2.24, 2.45) is 5.73 Å². The van der Waals surface area contributed by atoms with Gasteiger partial charge in [-0.25, -0.2) is 0 Å². The molecule has 0 saturated carbocycles. The van der Waals surface area contributed by atoms with Gasteiger partial charge in [-0.05, 0) is 54.1 Å². The van der Waals surface area contributed by atoms with E-state index in [2.05, 4.69) is 5.32 Å². The normalized spacial score (nSPS) is 14.6. The molecular weight excluding hydrogens is 434 g/mol. The van der Waals surface area contributed by atoms with Crippen LogP contribution in [0.3, 0.4) is 0 Å². The number of methoxy groups -OCH3 is 1. The van der Waals surface area contributed by atoms with Crippen molar-refractivity contribution in [2.45, 2.75) is 6.92 Å². The average molecular weight is 455 g/mol. The number of imide groups is 1. The third-order valence-corrected chi connectivity index (χ3v) is 5.36. The van der Waals surface area contributed by atoms with Gasteiger partial charge < -0.3 is 20.5 Å². The number of amides is 4. The Hall–Kier alpha value is -3.79. The summed E-state index contributed by atoms with van der Waals surface area (Å²) in [5.74, 6) is -1.01. The molecule has 1 fully saturated rings. The minimum absolute atomic E-state index is 0.157. The van der Waals surface area contributed by atoms with Crippen molar-refractivity contribution in [3.8, 4) is 11.5 Å². The number of carbonyl (C=O) groups is 4. The molecule has 10 heteroatoms. The molecule has 3 N–H and O–H groups in total. The van der Waals surface area contributed by atoms with Crippen LogP contribution in [-0.2, 0) is 14.4 Å². The zero-order valence-electron chi connectivity index (χ0n) is 17.4. The summed E-state index contributed by atoms with van der Waals surface area (Å²) in [5.41, 5.74) is 7.28. The van der Waals surface area contributed by atoms with E-state index in [0.717, 1.165) is 22.2 Å². The van der Waals surface area contributed by atoms with Gasteiger partial charge in [0.15, 0.2) is 18.1 Å². The molecule has 0 aliphatic carbocycles. The van der Waals surface area contributed by atoms with Gasteiger partial charge in [0.25, 0.3) is 17.1 Å². The highest BCUT2D eigenvalue weighted by atomic mass is 32.2. The number of anilines is 1. The molecule has 1 aliphatic heterocycles. The topological polar surface area (TPSA) is 128 Å². The number of thioether (sulfide) groups is 1. The zero-order valence-corrected chi connectivity index (χ0v) is 18.2. The van der Waals surface area contributed by atoms with Crippen LogP contribution in [-0.4, -0.2) is 48.1 Å². The number of rotatable bonds is 8. The molecule has 3 rings (SSSR count). The summed E-state index contributed by atoms with van der Waals surface area (Å²) < 4.78 is 10.9. The highest BCUT2D eigenvalue weighted by Gasteiger charge is 2.35. The van der Waals surface area contributed by atoms with Gasteiger partial charge in [-0.3, -0.25) is 24.1 Å². The van der Waals surface area contributed by atoms with Gasteiger partial charge in [-0.15, -0.1) is 0 Å². The standard InChI is InChI=1S/C22H21N3O6S/c1-13-5-3-4-6-15(13)24-20(27)12-31-16-8-7-14(9-17(16)30-2)10-18-21(28)25(11-19(23)26)22(29)32-18/h3-10H,11-12H2,1-2H3,(H2,23,26)(H,24,27)/b18-10-. The largest absolute Gasteiger partial charge is 0.493 e. The number of hydrogen-bond acceptors (Lipinski definition) is 7. The van der Waals surface area contributed by atoms with Gasteiger partial charge in [0.2, 0.25) is 5.91 Å². The highest BCUT2D eigenvalue weighted by molar-refractivity contribution is 8.18. The molecule has 0 aromatic heterocycles. The average Bonchev–Trinajstić information content (AvgIpc) is 3.01. The van der Waals surface area contributed by atoms with Crippen molar-refractivity contribution < 1.29 is 28.7 Å². The number of hydrogen-bond donors (Lipinski definition) is 2. The van der Waals surface area contributed by atoms with Crippen LogP contribution in [0.15, 0.2) is 47.4 Å². The van der Waals surface area contributed by atoms with Crippen LogP contribution in [0.4, 0.5) is 10.5 Å². The molecule has 2 aromatic rings. The number of nitrogens with two attached hydrogens (primary N) is 1. The van der Waals surface area contributed by atoms with Gasteiger partial charge in [0, 0.05) is 5.69 Å². The first kappa shape index (κ1) is 22.9. The maximum Gasteiger partial charge on any atom is 0.294 e. The van der Waals surface area contributed by atoms with E-state index in [0.29, 0.717) is 22.7 Å². The van der Waals surface area contributed by atoms with E-state index in [1.165, 1.54) is 13.2 Å². The number of carbonyl (C=O) groups excluding carboxylic acids is 4. The van der Waals surface area contributed by atoms with Gasteiger partial charge in [0.1, 0.15) is 6.54 Å². The highest BCUT2D eigenvalue weighted by Crippen LogP contribution is 2.34. The molecule has 9 nitrogen and oxygen atoms in total. The van der Waals surface area contributed by atoms with E-state index in [-0.39, 0.29) is 17.4 Å². The first-order chi connectivity index (χ1) is 15.3. The van der Waals surface area contributed by atoms with Crippen LogP contribution >= 0.6 is 11.8 Å². The maximum absolute atomic E-state index is 12.3. The van der Waals surface area contributed by atoms with Crippen molar-refractivity contribution in [3.05, 3.63) is 58.5 Å². The molecule has 4 amide bonds. The fourth-order valence-corrected chi connectivity index (χ4v) is 3.72. The Balaban J connectivity index is 1.68. The maximum atomic E-state index is 12.3. The van der Waals surface area contributed by atoms with Crippen LogP contribution in [0.2, 0.25) is 0 Å². The molecule has 0 bridgehead atoms. The number of ether oxygens (including phenoxy) is 2. The molecule has 1 heterocycles. The van der Waals surface area contributed by atoms with Crippen molar-refractivity contribution in [3.63, 3.8) is 0 Å². The fraction of sp³-hybridized carbons (Fsp3) is 0.182. The van der Waals surface area contributed by atoms with E-state index < -0.39 is 23.6 Å². The van der Waals surface area contributed by atoms with Crippen LogP contribution in [0, 0.1) is 6.92 Å². The lowest BCUT2D eigenvalue weighted by Gasteiger charge is -2.12. The molecule has 0 atom stereocenters. The smallest absolute Gasteiger partial charge is 0.294 e. The van der Waals surface area contributed by atoms with Crippen LogP contribution < -0.4 is 20.5 Å². The number of nitrogens with one attached hydrogen (secondary N) is 1. The zero-order chi connectivity index (χ0) is 23.3. The van der Waals surface area contributed by atoms with Crippen LogP contribution in [0.1, 0.15) is 11.1 Å². The molecule has 0 radical (unpaired) electrons.